The topological polar surface area (TPSA) is 79.5 Å². The van der Waals surface area contributed by atoms with Crippen LogP contribution in [0.2, 0.25) is 0 Å². The van der Waals surface area contributed by atoms with Crippen LogP contribution in [-0.4, -0.2) is 24.5 Å². The van der Waals surface area contributed by atoms with Gasteiger partial charge < -0.3 is 16.4 Å². The lowest BCUT2D eigenvalue weighted by Crippen LogP contribution is -2.38. The van der Waals surface area contributed by atoms with Crippen molar-refractivity contribution in [1.29, 1.82) is 0 Å². The predicted octanol–water partition coefficient (Wildman–Crippen LogP) is 2.62. The minimum atomic E-state index is -0.0604. The predicted molar refractivity (Wildman–Crippen MR) is 89.3 cm³/mol. The lowest BCUT2D eigenvalue weighted by atomic mass is 10.2. The highest BCUT2D eigenvalue weighted by atomic mass is 79.9. The molecule has 1 aromatic carbocycles. The van der Waals surface area contributed by atoms with Crippen molar-refractivity contribution in [1.82, 2.24) is 5.32 Å². The number of amides is 1. The molecule has 1 saturated carbocycles. The lowest BCUT2D eigenvalue weighted by molar-refractivity contribution is -0.116. The molecule has 1 aliphatic rings. The summed E-state index contributed by atoms with van der Waals surface area (Å²) in [6.07, 6.45) is 5.13. The van der Waals surface area contributed by atoms with Crippen LogP contribution in [0.3, 0.4) is 0 Å². The molecule has 0 spiro atoms. The van der Waals surface area contributed by atoms with Gasteiger partial charge >= 0.3 is 0 Å². The molecule has 0 bridgehead atoms. The van der Waals surface area contributed by atoms with E-state index in [1.54, 1.807) is 0 Å². The van der Waals surface area contributed by atoms with Gasteiger partial charge in [-0.2, -0.15) is 0 Å². The van der Waals surface area contributed by atoms with Crippen LogP contribution in [0, 0.1) is 0 Å². The molecule has 1 aromatic rings. The largest absolute Gasteiger partial charge is 0.370 e. The molecule has 114 valence electrons. The summed E-state index contributed by atoms with van der Waals surface area (Å²) in [5, 5.41) is 6.03. The van der Waals surface area contributed by atoms with Gasteiger partial charge in [0.1, 0.15) is 0 Å². The number of halogens is 1. The van der Waals surface area contributed by atoms with E-state index in [0.29, 0.717) is 25.0 Å². The van der Waals surface area contributed by atoms with Crippen LogP contribution >= 0.6 is 15.9 Å². The maximum atomic E-state index is 11.8. The Morgan fingerprint density at radius 1 is 1.29 bits per heavy atom. The van der Waals surface area contributed by atoms with Crippen molar-refractivity contribution in [3.05, 3.63) is 28.7 Å². The second-order valence-corrected chi connectivity index (χ2v) is 6.11. The Balaban J connectivity index is 1.69. The van der Waals surface area contributed by atoms with Gasteiger partial charge in [0.05, 0.1) is 6.54 Å². The van der Waals surface area contributed by atoms with Crippen LogP contribution in [0.15, 0.2) is 33.7 Å². The average Bonchev–Trinajstić information content (AvgIpc) is 2.94. The van der Waals surface area contributed by atoms with Gasteiger partial charge in [-0.05, 0) is 37.1 Å². The molecule has 5 nitrogen and oxygen atoms in total. The second kappa shape index (κ2) is 8.02. The second-order valence-electron chi connectivity index (χ2n) is 5.20. The maximum Gasteiger partial charge on any atom is 0.226 e. The number of nitrogens with zero attached hydrogens (tertiary/aromatic N) is 1. The number of guanidine groups is 1. The number of hydrogen-bond donors (Lipinski definition) is 3. The van der Waals surface area contributed by atoms with Crippen molar-refractivity contribution < 1.29 is 4.79 Å². The van der Waals surface area contributed by atoms with Crippen LogP contribution in [0.4, 0.5) is 5.69 Å². The van der Waals surface area contributed by atoms with E-state index >= 15 is 0 Å². The summed E-state index contributed by atoms with van der Waals surface area (Å²) in [7, 11) is 0. The fraction of sp³-hybridized carbons (Fsp3) is 0.467. The summed E-state index contributed by atoms with van der Waals surface area (Å²) in [6, 6.07) is 7.92. The van der Waals surface area contributed by atoms with Crippen LogP contribution in [0.25, 0.3) is 0 Å². The molecule has 0 unspecified atom stereocenters. The molecule has 1 aliphatic carbocycles. The highest BCUT2D eigenvalue weighted by molar-refractivity contribution is 9.10. The third kappa shape index (κ3) is 5.75. The van der Waals surface area contributed by atoms with Gasteiger partial charge in [0.25, 0.3) is 0 Å². The molecule has 6 heteroatoms. The Labute approximate surface area is 133 Å². The summed E-state index contributed by atoms with van der Waals surface area (Å²) in [6.45, 7) is 0.397. The van der Waals surface area contributed by atoms with Crippen molar-refractivity contribution in [3.8, 4) is 0 Å². The Morgan fingerprint density at radius 3 is 2.62 bits per heavy atom. The molecular formula is C15H21BrN4O. The number of carbonyl (C=O) groups excluding carboxylic acids is 1. The first kappa shape index (κ1) is 15.8. The van der Waals surface area contributed by atoms with E-state index in [1.165, 1.54) is 12.8 Å². The van der Waals surface area contributed by atoms with E-state index in [1.807, 2.05) is 24.3 Å². The first-order valence-corrected chi connectivity index (χ1v) is 8.04. The van der Waals surface area contributed by atoms with E-state index in [4.69, 9.17) is 5.73 Å². The van der Waals surface area contributed by atoms with Gasteiger partial charge in [-0.25, -0.2) is 0 Å². The number of nitrogens with two attached hydrogens (primary N) is 1. The van der Waals surface area contributed by atoms with Gasteiger partial charge in [-0.15, -0.1) is 0 Å². The molecule has 2 rings (SSSR count). The van der Waals surface area contributed by atoms with Gasteiger partial charge in [0.2, 0.25) is 5.91 Å². The molecule has 0 atom stereocenters. The molecule has 1 fully saturated rings. The maximum absolute atomic E-state index is 11.8. The van der Waals surface area contributed by atoms with Crippen LogP contribution in [0.1, 0.15) is 32.1 Å². The standard InChI is InChI=1S/C15H21BrN4O/c16-11-5-7-13(8-6-11)19-14(21)9-10-18-15(17)20-12-3-1-2-4-12/h5-8,12H,1-4,9-10H2,(H,19,21)(H3,17,18,20). The molecule has 0 saturated heterocycles. The van der Waals surface area contributed by atoms with Gasteiger partial charge in [-0.3, -0.25) is 9.79 Å². The summed E-state index contributed by atoms with van der Waals surface area (Å²) in [5.74, 6) is 0.382. The van der Waals surface area contributed by atoms with Crippen molar-refractivity contribution >= 4 is 33.5 Å². The van der Waals surface area contributed by atoms with E-state index in [0.717, 1.165) is 23.0 Å². The summed E-state index contributed by atoms with van der Waals surface area (Å²) in [4.78, 5) is 16.0. The Kier molecular flexibility index (Phi) is 6.04. The number of anilines is 1. The van der Waals surface area contributed by atoms with E-state index in [9.17, 15) is 4.79 Å². The van der Waals surface area contributed by atoms with Crippen molar-refractivity contribution in [3.63, 3.8) is 0 Å². The quantitative estimate of drug-likeness (QED) is 0.562. The zero-order valence-electron chi connectivity index (χ0n) is 11.9. The number of nitrogens with one attached hydrogen (secondary N) is 2. The average molecular weight is 353 g/mol. The molecule has 0 aliphatic heterocycles. The van der Waals surface area contributed by atoms with E-state index in [2.05, 4.69) is 31.6 Å². The zero-order chi connectivity index (χ0) is 15.1. The smallest absolute Gasteiger partial charge is 0.226 e. The van der Waals surface area contributed by atoms with E-state index < -0.39 is 0 Å². The zero-order valence-corrected chi connectivity index (χ0v) is 13.5. The Hall–Kier alpha value is -1.56. The van der Waals surface area contributed by atoms with Crippen molar-refractivity contribution in [2.24, 2.45) is 10.7 Å². The monoisotopic (exact) mass is 352 g/mol. The van der Waals surface area contributed by atoms with Crippen LogP contribution in [-0.2, 0) is 4.79 Å². The molecule has 21 heavy (non-hydrogen) atoms. The molecule has 4 N–H and O–H groups in total. The van der Waals surface area contributed by atoms with E-state index in [-0.39, 0.29) is 5.91 Å². The highest BCUT2D eigenvalue weighted by Gasteiger charge is 2.14. The van der Waals surface area contributed by atoms with Crippen molar-refractivity contribution in [2.75, 3.05) is 11.9 Å². The van der Waals surface area contributed by atoms with Crippen LogP contribution < -0.4 is 16.4 Å². The minimum Gasteiger partial charge on any atom is -0.370 e. The normalized spacial score (nSPS) is 16.0. The van der Waals surface area contributed by atoms with Crippen molar-refractivity contribution in [2.45, 2.75) is 38.1 Å². The number of rotatable bonds is 5. The number of aliphatic imine (C=N–C) groups is 1. The molecule has 0 radical (unpaired) electrons. The lowest BCUT2D eigenvalue weighted by Gasteiger charge is -2.12. The summed E-state index contributed by atoms with van der Waals surface area (Å²) >= 11 is 3.35. The fourth-order valence-corrected chi connectivity index (χ4v) is 2.62. The van der Waals surface area contributed by atoms with Gasteiger partial charge in [0, 0.05) is 22.6 Å². The number of carbonyl (C=O) groups is 1. The minimum absolute atomic E-state index is 0.0604. The number of benzene rings is 1. The molecule has 0 aromatic heterocycles. The summed E-state index contributed by atoms with van der Waals surface area (Å²) in [5.41, 5.74) is 6.59. The highest BCUT2D eigenvalue weighted by Crippen LogP contribution is 2.17. The van der Waals surface area contributed by atoms with Gasteiger partial charge in [0.15, 0.2) is 5.96 Å². The third-order valence-electron chi connectivity index (χ3n) is 3.46. The van der Waals surface area contributed by atoms with Crippen LogP contribution in [0.5, 0.6) is 0 Å². The molecular weight excluding hydrogens is 332 g/mol. The SMILES string of the molecule is NC(=NCCC(=O)Nc1ccc(Br)cc1)NC1CCCC1. The molecule has 1 amide bonds. The third-order valence-corrected chi connectivity index (χ3v) is 3.98. The van der Waals surface area contributed by atoms with Gasteiger partial charge in [-0.1, -0.05) is 28.8 Å². The summed E-state index contributed by atoms with van der Waals surface area (Å²) < 4.78 is 0.982. The first-order valence-electron chi connectivity index (χ1n) is 7.25. The Morgan fingerprint density at radius 2 is 1.95 bits per heavy atom. The first-order chi connectivity index (χ1) is 10.1. The Bertz CT molecular complexity index is 495. The molecule has 0 heterocycles. The number of hydrogen-bond acceptors (Lipinski definition) is 2. The fourth-order valence-electron chi connectivity index (χ4n) is 2.36.